The maximum absolute atomic E-state index is 12.9. The average Bonchev–Trinajstić information content (AvgIpc) is 2.92. The van der Waals surface area contributed by atoms with Gasteiger partial charge in [-0.1, -0.05) is 17.7 Å². The first kappa shape index (κ1) is 17.1. The highest BCUT2D eigenvalue weighted by atomic mass is 32.1. The maximum atomic E-state index is 12.9. The predicted octanol–water partition coefficient (Wildman–Crippen LogP) is 3.33. The van der Waals surface area contributed by atoms with E-state index in [2.05, 4.69) is 34.3 Å². The summed E-state index contributed by atoms with van der Waals surface area (Å²) in [6.07, 6.45) is 0. The number of thiazole rings is 1. The Labute approximate surface area is 148 Å². The summed E-state index contributed by atoms with van der Waals surface area (Å²) >= 11 is 1.72. The van der Waals surface area contributed by atoms with Gasteiger partial charge in [-0.15, -0.1) is 11.3 Å². The first-order valence-electron chi connectivity index (χ1n) is 8.44. The van der Waals surface area contributed by atoms with Crippen molar-refractivity contribution >= 4 is 17.2 Å². The fourth-order valence-corrected chi connectivity index (χ4v) is 4.26. The van der Waals surface area contributed by atoms with Gasteiger partial charge < -0.3 is 4.90 Å². The van der Waals surface area contributed by atoms with Crippen LogP contribution in [0.4, 0.5) is 0 Å². The Balaban J connectivity index is 1.63. The number of carbonyl (C=O) groups excluding carboxylic acids is 1. The van der Waals surface area contributed by atoms with E-state index in [9.17, 15) is 4.79 Å². The molecule has 1 aromatic carbocycles. The van der Waals surface area contributed by atoms with Crippen LogP contribution in [0.25, 0.3) is 0 Å². The van der Waals surface area contributed by atoms with E-state index in [4.69, 9.17) is 0 Å². The third-order valence-corrected chi connectivity index (χ3v) is 5.53. The van der Waals surface area contributed by atoms with Gasteiger partial charge in [0.15, 0.2) is 0 Å². The molecule has 1 amide bonds. The molecule has 0 unspecified atom stereocenters. The molecule has 2 heterocycles. The van der Waals surface area contributed by atoms with Crippen LogP contribution in [-0.4, -0.2) is 46.9 Å². The van der Waals surface area contributed by atoms with Gasteiger partial charge in [-0.25, -0.2) is 4.98 Å². The lowest BCUT2D eigenvalue weighted by Crippen LogP contribution is -2.48. The van der Waals surface area contributed by atoms with E-state index in [0.717, 1.165) is 60.1 Å². The zero-order valence-corrected chi connectivity index (χ0v) is 15.7. The number of amides is 1. The summed E-state index contributed by atoms with van der Waals surface area (Å²) in [6.45, 7) is 12.5. The Morgan fingerprint density at radius 3 is 2.25 bits per heavy atom. The second kappa shape index (κ2) is 7.03. The van der Waals surface area contributed by atoms with Crippen LogP contribution in [0.1, 0.15) is 37.7 Å². The lowest BCUT2D eigenvalue weighted by Gasteiger charge is -2.34. The summed E-state index contributed by atoms with van der Waals surface area (Å²) < 4.78 is 0. The first-order valence-corrected chi connectivity index (χ1v) is 9.32. The van der Waals surface area contributed by atoms with E-state index in [-0.39, 0.29) is 5.91 Å². The Hall–Kier alpha value is -1.72. The summed E-state index contributed by atoms with van der Waals surface area (Å²) in [5, 5.41) is 3.26. The fourth-order valence-electron chi connectivity index (χ4n) is 3.45. The van der Waals surface area contributed by atoms with Crippen molar-refractivity contribution in [3.8, 4) is 0 Å². The number of nitrogens with zero attached hydrogens (tertiary/aromatic N) is 3. The van der Waals surface area contributed by atoms with E-state index in [1.165, 1.54) is 5.56 Å². The van der Waals surface area contributed by atoms with Gasteiger partial charge >= 0.3 is 0 Å². The molecule has 0 bridgehead atoms. The predicted molar refractivity (Wildman–Crippen MR) is 98.7 cm³/mol. The molecule has 1 aromatic heterocycles. The molecule has 128 valence electrons. The molecule has 0 N–H and O–H groups in total. The van der Waals surface area contributed by atoms with Crippen LogP contribution < -0.4 is 0 Å². The third kappa shape index (κ3) is 3.68. The van der Waals surface area contributed by atoms with Gasteiger partial charge in [-0.3, -0.25) is 9.69 Å². The molecule has 5 heteroatoms. The molecule has 2 aromatic rings. The van der Waals surface area contributed by atoms with Crippen LogP contribution in [0.3, 0.4) is 0 Å². The van der Waals surface area contributed by atoms with Crippen LogP contribution in [0.5, 0.6) is 0 Å². The SMILES string of the molecule is Cc1cc(C)c(C(=O)N2CCN(Cc3nc(C)cs3)CC2)c(C)c1. The van der Waals surface area contributed by atoms with Crippen molar-refractivity contribution in [2.24, 2.45) is 0 Å². The van der Waals surface area contributed by atoms with Crippen LogP contribution in [0, 0.1) is 27.7 Å². The molecule has 0 radical (unpaired) electrons. The summed E-state index contributed by atoms with van der Waals surface area (Å²) in [4.78, 5) is 21.8. The lowest BCUT2D eigenvalue weighted by atomic mass is 9.98. The molecule has 0 saturated carbocycles. The zero-order valence-electron chi connectivity index (χ0n) is 14.9. The maximum Gasteiger partial charge on any atom is 0.254 e. The van der Waals surface area contributed by atoms with Gasteiger partial charge in [-0.05, 0) is 38.8 Å². The van der Waals surface area contributed by atoms with E-state index >= 15 is 0 Å². The highest BCUT2D eigenvalue weighted by Gasteiger charge is 2.24. The van der Waals surface area contributed by atoms with Crippen molar-refractivity contribution in [1.29, 1.82) is 0 Å². The number of hydrogen-bond acceptors (Lipinski definition) is 4. The zero-order chi connectivity index (χ0) is 17.3. The number of hydrogen-bond donors (Lipinski definition) is 0. The highest BCUT2D eigenvalue weighted by Crippen LogP contribution is 2.20. The minimum atomic E-state index is 0.176. The average molecular weight is 343 g/mol. The van der Waals surface area contributed by atoms with Crippen molar-refractivity contribution in [2.75, 3.05) is 26.2 Å². The second-order valence-corrected chi connectivity index (χ2v) is 7.67. The largest absolute Gasteiger partial charge is 0.336 e. The van der Waals surface area contributed by atoms with Gasteiger partial charge in [0.2, 0.25) is 0 Å². The summed E-state index contributed by atoms with van der Waals surface area (Å²) in [7, 11) is 0. The number of aromatic nitrogens is 1. The molecular weight excluding hydrogens is 318 g/mol. The van der Waals surface area contributed by atoms with Crippen molar-refractivity contribution < 1.29 is 4.79 Å². The van der Waals surface area contributed by atoms with Gasteiger partial charge in [0.1, 0.15) is 5.01 Å². The molecule has 24 heavy (non-hydrogen) atoms. The fraction of sp³-hybridized carbons (Fsp3) is 0.474. The van der Waals surface area contributed by atoms with Crippen LogP contribution >= 0.6 is 11.3 Å². The van der Waals surface area contributed by atoms with E-state index in [0.29, 0.717) is 0 Å². The number of rotatable bonds is 3. The minimum Gasteiger partial charge on any atom is -0.336 e. The standard InChI is InChI=1S/C19H25N3OS/c1-13-9-14(2)18(15(3)10-13)19(23)22-7-5-21(6-8-22)11-17-20-16(4)12-24-17/h9-10,12H,5-8,11H2,1-4H3. The van der Waals surface area contributed by atoms with Crippen molar-refractivity contribution in [1.82, 2.24) is 14.8 Å². The number of piperazine rings is 1. The molecule has 1 aliphatic heterocycles. The lowest BCUT2D eigenvalue weighted by molar-refractivity contribution is 0.0627. The van der Waals surface area contributed by atoms with E-state index in [1.807, 2.05) is 25.7 Å². The highest BCUT2D eigenvalue weighted by molar-refractivity contribution is 7.09. The third-order valence-electron chi connectivity index (χ3n) is 4.58. The number of aryl methyl sites for hydroxylation is 4. The van der Waals surface area contributed by atoms with Gasteiger partial charge in [0.05, 0.1) is 6.54 Å². The number of carbonyl (C=O) groups is 1. The van der Waals surface area contributed by atoms with E-state index < -0.39 is 0 Å². The summed E-state index contributed by atoms with van der Waals surface area (Å²) in [5.41, 5.74) is 5.35. The summed E-state index contributed by atoms with van der Waals surface area (Å²) in [5.74, 6) is 0.176. The molecule has 1 saturated heterocycles. The van der Waals surface area contributed by atoms with Crippen molar-refractivity contribution in [2.45, 2.75) is 34.2 Å². The van der Waals surface area contributed by atoms with E-state index in [1.54, 1.807) is 11.3 Å². The molecule has 0 spiro atoms. The van der Waals surface area contributed by atoms with Gasteiger partial charge in [0, 0.05) is 42.8 Å². The Bertz CT molecular complexity index is 722. The van der Waals surface area contributed by atoms with Crippen LogP contribution in [-0.2, 0) is 6.54 Å². The smallest absolute Gasteiger partial charge is 0.254 e. The van der Waals surface area contributed by atoms with Crippen LogP contribution in [0.2, 0.25) is 0 Å². The molecule has 0 atom stereocenters. The Kier molecular flexibility index (Phi) is 5.01. The topological polar surface area (TPSA) is 36.4 Å². The Morgan fingerprint density at radius 1 is 1.08 bits per heavy atom. The molecule has 3 rings (SSSR count). The molecule has 1 aliphatic rings. The normalized spacial score (nSPS) is 15.8. The molecule has 0 aliphatic carbocycles. The first-order chi connectivity index (χ1) is 11.4. The van der Waals surface area contributed by atoms with Crippen LogP contribution in [0.15, 0.2) is 17.5 Å². The van der Waals surface area contributed by atoms with Gasteiger partial charge in [-0.2, -0.15) is 0 Å². The number of benzene rings is 1. The molecular formula is C19H25N3OS. The Morgan fingerprint density at radius 2 is 1.71 bits per heavy atom. The molecule has 4 nitrogen and oxygen atoms in total. The quantitative estimate of drug-likeness (QED) is 0.858. The monoisotopic (exact) mass is 343 g/mol. The van der Waals surface area contributed by atoms with Crippen molar-refractivity contribution in [3.05, 3.63) is 50.5 Å². The van der Waals surface area contributed by atoms with Crippen molar-refractivity contribution in [3.63, 3.8) is 0 Å². The minimum absolute atomic E-state index is 0.176. The summed E-state index contributed by atoms with van der Waals surface area (Å²) in [6, 6.07) is 4.20. The second-order valence-electron chi connectivity index (χ2n) is 6.72. The van der Waals surface area contributed by atoms with Gasteiger partial charge in [0.25, 0.3) is 5.91 Å². The molecule has 1 fully saturated rings.